The lowest BCUT2D eigenvalue weighted by Gasteiger charge is -2.30. The van der Waals surface area contributed by atoms with Crippen molar-refractivity contribution < 1.29 is 19.4 Å². The molecule has 2 atom stereocenters. The molecule has 2 N–H and O–H groups in total. The van der Waals surface area contributed by atoms with Crippen LogP contribution in [0.4, 0.5) is 0 Å². The van der Waals surface area contributed by atoms with Crippen LogP contribution in [-0.2, 0) is 4.79 Å². The van der Waals surface area contributed by atoms with Crippen LogP contribution < -0.4 is 14.8 Å². The highest BCUT2D eigenvalue weighted by atomic mass is 16.6. The van der Waals surface area contributed by atoms with Gasteiger partial charge in [-0.25, -0.2) is 0 Å². The van der Waals surface area contributed by atoms with Crippen molar-refractivity contribution in [2.24, 2.45) is 0 Å². The molecule has 1 amide bonds. The molecule has 6 heteroatoms. The molecule has 1 fully saturated rings. The number of para-hydroxylation sites is 1. The Hall–Kier alpha value is -1.79. The molecule has 0 aliphatic carbocycles. The lowest BCUT2D eigenvalue weighted by Crippen LogP contribution is -2.46. The molecule has 210 valence electrons. The van der Waals surface area contributed by atoms with Crippen molar-refractivity contribution in [2.75, 3.05) is 32.8 Å². The third-order valence-corrected chi connectivity index (χ3v) is 7.80. The summed E-state index contributed by atoms with van der Waals surface area (Å²) in [5.74, 6) is 1.31. The molecule has 0 aromatic heterocycles. The second-order valence-corrected chi connectivity index (χ2v) is 11.0. The molecule has 2 heterocycles. The Bertz CT molecular complexity index is 766. The smallest absolute Gasteiger partial charge is 0.220 e. The molecule has 1 aromatic rings. The van der Waals surface area contributed by atoms with E-state index in [9.17, 15) is 9.90 Å². The summed E-state index contributed by atoms with van der Waals surface area (Å²) in [4.78, 5) is 15.2. The Kier molecular flexibility index (Phi) is 14.2. The minimum atomic E-state index is -0.840. The van der Waals surface area contributed by atoms with E-state index in [4.69, 9.17) is 9.47 Å². The number of benzene rings is 1. The molecule has 1 aromatic carbocycles. The van der Waals surface area contributed by atoms with E-state index in [-0.39, 0.29) is 11.9 Å². The first-order valence-electron chi connectivity index (χ1n) is 15.3. The van der Waals surface area contributed by atoms with Crippen molar-refractivity contribution in [3.05, 3.63) is 23.8 Å². The van der Waals surface area contributed by atoms with Gasteiger partial charge < -0.3 is 24.8 Å². The first-order valence-corrected chi connectivity index (χ1v) is 15.3. The zero-order valence-electron chi connectivity index (χ0n) is 23.4. The number of carbonyl (C=O) groups excluding carboxylic acids is 1. The average Bonchev–Trinajstić information content (AvgIpc) is 3.43. The van der Waals surface area contributed by atoms with Gasteiger partial charge in [-0.1, -0.05) is 96.1 Å². The Morgan fingerprint density at radius 3 is 2.14 bits per heavy atom. The number of fused-ring (bicyclic) bond motifs is 1. The Morgan fingerprint density at radius 1 is 0.892 bits per heavy atom. The Morgan fingerprint density at radius 2 is 1.49 bits per heavy atom. The second-order valence-electron chi connectivity index (χ2n) is 11.0. The molecular formula is C31H52N2O4. The summed E-state index contributed by atoms with van der Waals surface area (Å²) < 4.78 is 11.5. The van der Waals surface area contributed by atoms with Crippen LogP contribution in [0.2, 0.25) is 0 Å². The largest absolute Gasteiger partial charge is 0.486 e. The number of ether oxygens (including phenoxy) is 2. The molecule has 0 spiro atoms. The summed E-state index contributed by atoms with van der Waals surface area (Å²) in [6.07, 6.45) is 18.9. The zero-order valence-corrected chi connectivity index (χ0v) is 23.4. The number of unbranched alkanes of at least 4 members (excludes halogenated alkanes) is 12. The van der Waals surface area contributed by atoms with E-state index in [2.05, 4.69) is 17.1 Å². The molecule has 0 bridgehead atoms. The van der Waals surface area contributed by atoms with Crippen molar-refractivity contribution in [3.8, 4) is 11.5 Å². The fraction of sp³-hybridized carbons (Fsp3) is 0.774. The Labute approximate surface area is 225 Å². The molecule has 0 radical (unpaired) electrons. The van der Waals surface area contributed by atoms with E-state index in [1.807, 2.05) is 18.2 Å². The lowest BCUT2D eigenvalue weighted by molar-refractivity contribution is -0.123. The quantitative estimate of drug-likeness (QED) is 0.204. The number of hydrogen-bond donors (Lipinski definition) is 2. The summed E-state index contributed by atoms with van der Waals surface area (Å²) in [5, 5.41) is 14.5. The number of aliphatic hydroxyl groups excluding tert-OH is 1. The fourth-order valence-electron chi connectivity index (χ4n) is 5.60. The van der Waals surface area contributed by atoms with Crippen LogP contribution in [0.1, 0.15) is 121 Å². The van der Waals surface area contributed by atoms with E-state index >= 15 is 0 Å². The fourth-order valence-corrected chi connectivity index (χ4v) is 5.60. The maximum atomic E-state index is 12.9. The molecule has 0 saturated carbocycles. The second kappa shape index (κ2) is 17.7. The maximum Gasteiger partial charge on any atom is 0.220 e. The molecule has 6 nitrogen and oxygen atoms in total. The number of likely N-dealkylation sites (tertiary alicyclic amines) is 1. The van der Waals surface area contributed by atoms with Crippen molar-refractivity contribution in [1.29, 1.82) is 0 Å². The van der Waals surface area contributed by atoms with Crippen LogP contribution in [0, 0.1) is 0 Å². The predicted molar refractivity (Wildman–Crippen MR) is 150 cm³/mol. The normalized spacial score (nSPS) is 17.0. The van der Waals surface area contributed by atoms with Gasteiger partial charge in [-0.15, -0.1) is 0 Å². The van der Waals surface area contributed by atoms with Crippen LogP contribution in [-0.4, -0.2) is 54.8 Å². The highest BCUT2D eigenvalue weighted by Crippen LogP contribution is 2.38. The van der Waals surface area contributed by atoms with Gasteiger partial charge in [-0.3, -0.25) is 4.79 Å². The van der Waals surface area contributed by atoms with Gasteiger partial charge in [0.25, 0.3) is 0 Å². The lowest BCUT2D eigenvalue weighted by atomic mass is 9.99. The van der Waals surface area contributed by atoms with Gasteiger partial charge in [-0.2, -0.15) is 0 Å². The van der Waals surface area contributed by atoms with Crippen LogP contribution in [0.3, 0.4) is 0 Å². The van der Waals surface area contributed by atoms with Gasteiger partial charge in [0.05, 0.1) is 6.04 Å². The summed E-state index contributed by atoms with van der Waals surface area (Å²) >= 11 is 0. The van der Waals surface area contributed by atoms with Crippen molar-refractivity contribution in [2.45, 2.75) is 122 Å². The minimum absolute atomic E-state index is 0.0355. The Balaban J connectivity index is 1.36. The van der Waals surface area contributed by atoms with Gasteiger partial charge >= 0.3 is 0 Å². The topological polar surface area (TPSA) is 71.0 Å². The molecule has 37 heavy (non-hydrogen) atoms. The van der Waals surface area contributed by atoms with E-state index < -0.39 is 6.10 Å². The number of carbonyl (C=O) groups is 1. The van der Waals surface area contributed by atoms with Crippen LogP contribution >= 0.6 is 0 Å². The third-order valence-electron chi connectivity index (χ3n) is 7.80. The average molecular weight is 517 g/mol. The number of rotatable bonds is 19. The molecular weight excluding hydrogens is 464 g/mol. The summed E-state index contributed by atoms with van der Waals surface area (Å²) in [6, 6.07) is 5.26. The number of nitrogens with one attached hydrogen (secondary N) is 1. The van der Waals surface area contributed by atoms with E-state index in [1.165, 1.54) is 83.5 Å². The van der Waals surface area contributed by atoms with Crippen LogP contribution in [0.5, 0.6) is 11.5 Å². The summed E-state index contributed by atoms with van der Waals surface area (Å²) in [7, 11) is 0. The summed E-state index contributed by atoms with van der Waals surface area (Å²) in [5.41, 5.74) is 0.697. The number of amides is 1. The standard InChI is InChI=1S/C31H52N2O4/c1-2-3-4-5-6-7-8-9-10-11-12-13-14-20-29(34)32-27(25-33-21-15-16-22-33)30(35)26-18-17-19-28-31(26)37-24-23-36-28/h17-19,27,30,35H,2-16,20-25H2,1H3,(H,32,34). The minimum Gasteiger partial charge on any atom is -0.486 e. The van der Waals surface area contributed by atoms with Crippen LogP contribution in [0.25, 0.3) is 0 Å². The van der Waals surface area contributed by atoms with E-state index in [0.29, 0.717) is 43.2 Å². The molecule has 3 rings (SSSR count). The molecule has 2 aliphatic rings. The van der Waals surface area contributed by atoms with Gasteiger partial charge in [-0.05, 0) is 38.4 Å². The van der Waals surface area contributed by atoms with E-state index in [0.717, 1.165) is 25.9 Å². The first kappa shape index (κ1) is 29.8. The van der Waals surface area contributed by atoms with Crippen LogP contribution in [0.15, 0.2) is 18.2 Å². The monoisotopic (exact) mass is 516 g/mol. The highest BCUT2D eigenvalue weighted by molar-refractivity contribution is 5.76. The van der Waals surface area contributed by atoms with Gasteiger partial charge in [0, 0.05) is 18.5 Å². The first-order chi connectivity index (χ1) is 18.2. The number of hydrogen-bond acceptors (Lipinski definition) is 5. The maximum absolute atomic E-state index is 12.9. The zero-order chi connectivity index (χ0) is 26.1. The molecule has 1 saturated heterocycles. The van der Waals surface area contributed by atoms with E-state index in [1.54, 1.807) is 0 Å². The highest BCUT2D eigenvalue weighted by Gasteiger charge is 2.30. The number of nitrogens with zero attached hydrogens (tertiary/aromatic N) is 1. The van der Waals surface area contributed by atoms with Crippen molar-refractivity contribution in [3.63, 3.8) is 0 Å². The summed E-state index contributed by atoms with van der Waals surface area (Å²) in [6.45, 7) is 5.94. The van der Waals surface area contributed by atoms with Gasteiger partial charge in [0.2, 0.25) is 5.91 Å². The van der Waals surface area contributed by atoms with Crippen molar-refractivity contribution in [1.82, 2.24) is 10.2 Å². The SMILES string of the molecule is CCCCCCCCCCCCCCCC(=O)NC(CN1CCCC1)C(O)c1cccc2c1OCCO2. The predicted octanol–water partition coefficient (Wildman–Crippen LogP) is 6.55. The molecule has 2 aliphatic heterocycles. The third kappa shape index (κ3) is 10.8. The van der Waals surface area contributed by atoms with Crippen molar-refractivity contribution >= 4 is 5.91 Å². The molecule has 2 unspecified atom stereocenters. The van der Waals surface area contributed by atoms with Gasteiger partial charge in [0.1, 0.15) is 19.3 Å². The number of aliphatic hydroxyl groups is 1. The van der Waals surface area contributed by atoms with Gasteiger partial charge in [0.15, 0.2) is 11.5 Å².